The lowest BCUT2D eigenvalue weighted by atomic mass is 10.1. The number of nitrogens with zero attached hydrogens (tertiary/aromatic N) is 6. The van der Waals surface area contributed by atoms with Crippen molar-refractivity contribution < 1.29 is 4.79 Å². The van der Waals surface area contributed by atoms with Crippen LogP contribution in [0.2, 0.25) is 0 Å². The molecule has 0 unspecified atom stereocenters. The van der Waals surface area contributed by atoms with E-state index < -0.39 is 0 Å². The number of amides is 1. The Morgan fingerprint density at radius 2 is 1.83 bits per heavy atom. The number of benzene rings is 2. The quantitative estimate of drug-likeness (QED) is 0.472. The number of aromatic nitrogens is 5. The van der Waals surface area contributed by atoms with Crippen molar-refractivity contribution in [3.8, 4) is 0 Å². The van der Waals surface area contributed by atoms with E-state index in [1.165, 1.54) is 0 Å². The normalized spacial score (nSPS) is 10.8. The molecule has 1 amide bonds. The van der Waals surface area contributed by atoms with E-state index in [0.29, 0.717) is 25.2 Å². The Kier molecular flexibility index (Phi) is 5.71. The maximum absolute atomic E-state index is 13.3. The fraction of sp³-hybridized carbons (Fsp3) is 0.190. The summed E-state index contributed by atoms with van der Waals surface area (Å²) in [6.07, 6.45) is 1.57. The lowest BCUT2D eigenvalue weighted by Gasteiger charge is -2.23. The van der Waals surface area contributed by atoms with Gasteiger partial charge >= 0.3 is 0 Å². The van der Waals surface area contributed by atoms with Crippen molar-refractivity contribution in [2.24, 2.45) is 0 Å². The van der Waals surface area contributed by atoms with Crippen molar-refractivity contribution in [3.63, 3.8) is 0 Å². The van der Waals surface area contributed by atoms with Gasteiger partial charge in [0.25, 0.3) is 5.91 Å². The minimum atomic E-state index is -0.00405. The summed E-state index contributed by atoms with van der Waals surface area (Å²) in [4.78, 5) is 20.6. The van der Waals surface area contributed by atoms with Crippen LogP contribution in [0.5, 0.6) is 0 Å². The highest BCUT2D eigenvalue weighted by Crippen LogP contribution is 2.19. The molecule has 0 saturated carbocycles. The molecule has 29 heavy (non-hydrogen) atoms. The predicted molar refractivity (Wildman–Crippen MR) is 110 cm³/mol. The van der Waals surface area contributed by atoms with Crippen LogP contribution in [0.15, 0.2) is 66.4 Å². The van der Waals surface area contributed by atoms with Crippen molar-refractivity contribution in [1.82, 2.24) is 30.1 Å². The Hall–Kier alpha value is -3.39. The van der Waals surface area contributed by atoms with E-state index in [9.17, 15) is 4.79 Å². The molecule has 0 spiro atoms. The van der Waals surface area contributed by atoms with E-state index in [4.69, 9.17) is 0 Å². The van der Waals surface area contributed by atoms with Gasteiger partial charge in [-0.3, -0.25) is 4.79 Å². The molecule has 0 aliphatic carbocycles. The van der Waals surface area contributed by atoms with E-state index >= 15 is 0 Å². The lowest BCUT2D eigenvalue weighted by Crippen LogP contribution is -2.30. The van der Waals surface area contributed by atoms with Gasteiger partial charge in [0.15, 0.2) is 0 Å². The minimum absolute atomic E-state index is 0.00405. The third-order valence-electron chi connectivity index (χ3n) is 4.62. The van der Waals surface area contributed by atoms with Crippen LogP contribution in [0, 0.1) is 6.92 Å². The standard InChI is InChI=1S/C21H20N6OS/c1-16-20(29-15-22-16)13-26(11-17-5-3-2-4-6-17)21(28)19-9-7-18(8-10-19)12-27-14-23-24-25-27/h2-10,14-15H,11-13H2,1H3. The first-order valence-electron chi connectivity index (χ1n) is 9.21. The molecule has 0 aliphatic rings. The monoisotopic (exact) mass is 404 g/mol. The first-order chi connectivity index (χ1) is 14.2. The summed E-state index contributed by atoms with van der Waals surface area (Å²) < 4.78 is 1.64. The molecule has 0 atom stereocenters. The third-order valence-corrected chi connectivity index (χ3v) is 5.54. The second kappa shape index (κ2) is 8.74. The molecule has 7 nitrogen and oxygen atoms in total. The summed E-state index contributed by atoms with van der Waals surface area (Å²) in [6, 6.07) is 17.6. The lowest BCUT2D eigenvalue weighted by molar-refractivity contribution is 0.0731. The first-order valence-corrected chi connectivity index (χ1v) is 10.1. The Balaban J connectivity index is 1.54. The second-order valence-corrected chi connectivity index (χ2v) is 7.65. The smallest absolute Gasteiger partial charge is 0.254 e. The maximum Gasteiger partial charge on any atom is 0.254 e. The molecule has 146 valence electrons. The molecule has 0 saturated heterocycles. The highest BCUT2D eigenvalue weighted by atomic mass is 32.1. The van der Waals surface area contributed by atoms with Crippen LogP contribution in [0.3, 0.4) is 0 Å². The average molecular weight is 404 g/mol. The summed E-state index contributed by atoms with van der Waals surface area (Å²) in [7, 11) is 0. The molecule has 0 fully saturated rings. The molecule has 2 heterocycles. The van der Waals surface area contributed by atoms with E-state index in [0.717, 1.165) is 21.7 Å². The number of thiazole rings is 1. The molecule has 4 aromatic rings. The summed E-state index contributed by atoms with van der Waals surface area (Å²) >= 11 is 1.58. The Morgan fingerprint density at radius 3 is 2.48 bits per heavy atom. The highest BCUT2D eigenvalue weighted by Gasteiger charge is 2.18. The van der Waals surface area contributed by atoms with Crippen molar-refractivity contribution in [1.29, 1.82) is 0 Å². The molecule has 2 aromatic carbocycles. The molecule has 8 heteroatoms. The zero-order valence-corrected chi connectivity index (χ0v) is 16.8. The van der Waals surface area contributed by atoms with Crippen molar-refractivity contribution in [2.45, 2.75) is 26.6 Å². The van der Waals surface area contributed by atoms with Gasteiger partial charge < -0.3 is 4.90 Å². The number of rotatable bonds is 7. The zero-order chi connectivity index (χ0) is 20.1. The van der Waals surface area contributed by atoms with Crippen molar-refractivity contribution >= 4 is 17.2 Å². The van der Waals surface area contributed by atoms with Crippen molar-refractivity contribution in [2.75, 3.05) is 0 Å². The molecule has 0 aliphatic heterocycles. The van der Waals surface area contributed by atoms with Gasteiger partial charge in [0, 0.05) is 17.0 Å². The summed E-state index contributed by atoms with van der Waals surface area (Å²) in [6.45, 7) is 3.63. The molecule has 0 bridgehead atoms. The number of tetrazole rings is 1. The van der Waals surface area contributed by atoms with E-state index in [1.54, 1.807) is 22.3 Å². The van der Waals surface area contributed by atoms with E-state index in [-0.39, 0.29) is 5.91 Å². The topological polar surface area (TPSA) is 76.8 Å². The molecule has 4 rings (SSSR count). The summed E-state index contributed by atoms with van der Waals surface area (Å²) in [5, 5.41) is 11.1. The maximum atomic E-state index is 13.3. The number of hydrogen-bond donors (Lipinski definition) is 0. The number of aryl methyl sites for hydroxylation is 1. The van der Waals surface area contributed by atoms with E-state index in [1.807, 2.05) is 71.9 Å². The van der Waals surface area contributed by atoms with Crippen LogP contribution >= 0.6 is 11.3 Å². The van der Waals surface area contributed by atoms with Gasteiger partial charge in [-0.2, -0.15) is 0 Å². The van der Waals surface area contributed by atoms with E-state index in [2.05, 4.69) is 20.5 Å². The Labute approximate surface area is 172 Å². The molecular formula is C21H20N6OS. The van der Waals surface area contributed by atoms with Crippen LogP contribution in [0.4, 0.5) is 0 Å². The SMILES string of the molecule is Cc1ncsc1CN(Cc1ccccc1)C(=O)c1ccc(Cn2cnnn2)cc1. The van der Waals surface area contributed by atoms with Gasteiger partial charge in [0.05, 0.1) is 24.3 Å². The van der Waals surface area contributed by atoms with Gasteiger partial charge in [-0.25, -0.2) is 9.67 Å². The minimum Gasteiger partial charge on any atom is -0.329 e. The zero-order valence-electron chi connectivity index (χ0n) is 16.0. The molecule has 0 radical (unpaired) electrons. The summed E-state index contributed by atoms with van der Waals surface area (Å²) in [5.74, 6) is -0.00405. The van der Waals surface area contributed by atoms with Crippen molar-refractivity contribution in [3.05, 3.63) is 93.7 Å². The Bertz CT molecular complexity index is 1060. The molecule has 0 N–H and O–H groups in total. The van der Waals surface area contributed by atoms with Crippen LogP contribution in [0.25, 0.3) is 0 Å². The molecule has 2 aromatic heterocycles. The summed E-state index contributed by atoms with van der Waals surface area (Å²) in [5.41, 5.74) is 5.57. The van der Waals surface area contributed by atoms with Gasteiger partial charge in [0.1, 0.15) is 6.33 Å². The third kappa shape index (κ3) is 4.72. The number of hydrogen-bond acceptors (Lipinski definition) is 6. The predicted octanol–water partition coefficient (Wildman–Crippen LogP) is 3.33. The highest BCUT2D eigenvalue weighted by molar-refractivity contribution is 7.09. The van der Waals surface area contributed by atoms with Gasteiger partial charge in [-0.1, -0.05) is 42.5 Å². The Morgan fingerprint density at radius 1 is 1.03 bits per heavy atom. The first kappa shape index (κ1) is 18.9. The van der Waals surface area contributed by atoms with Crippen LogP contribution in [-0.2, 0) is 19.6 Å². The largest absolute Gasteiger partial charge is 0.329 e. The fourth-order valence-electron chi connectivity index (χ4n) is 3.03. The van der Waals surface area contributed by atoms with Crippen LogP contribution in [0.1, 0.15) is 32.1 Å². The fourth-order valence-corrected chi connectivity index (χ4v) is 3.82. The molecular weight excluding hydrogens is 384 g/mol. The number of carbonyl (C=O) groups is 1. The number of carbonyl (C=O) groups excluding carboxylic acids is 1. The van der Waals surface area contributed by atoms with Gasteiger partial charge in [0.2, 0.25) is 0 Å². The second-order valence-electron chi connectivity index (χ2n) is 6.71. The van der Waals surface area contributed by atoms with Gasteiger partial charge in [-0.05, 0) is 40.6 Å². The average Bonchev–Trinajstić information content (AvgIpc) is 3.40. The van der Waals surface area contributed by atoms with Crippen LogP contribution < -0.4 is 0 Å². The van der Waals surface area contributed by atoms with Crippen LogP contribution in [-0.4, -0.2) is 36.0 Å². The van der Waals surface area contributed by atoms with Gasteiger partial charge in [-0.15, -0.1) is 16.4 Å².